The van der Waals surface area contributed by atoms with Gasteiger partial charge in [0.15, 0.2) is 0 Å². The molecule has 0 atom stereocenters. The van der Waals surface area contributed by atoms with Crippen LogP contribution < -0.4 is 11.1 Å². The highest BCUT2D eigenvalue weighted by Crippen LogP contribution is 2.15. The predicted octanol–water partition coefficient (Wildman–Crippen LogP) is 2.86. The van der Waals surface area contributed by atoms with Crippen LogP contribution in [0.25, 0.3) is 0 Å². The van der Waals surface area contributed by atoms with Crippen molar-refractivity contribution in [3.63, 3.8) is 0 Å². The Kier molecular flexibility index (Phi) is 6.68. The molecule has 0 radical (unpaired) electrons. The lowest BCUT2D eigenvalue weighted by Gasteiger charge is -2.10. The number of anilines is 1. The fraction of sp³-hybridized carbons (Fsp3) is 0.500. The van der Waals surface area contributed by atoms with Crippen LogP contribution in [0.5, 0.6) is 0 Å². The minimum absolute atomic E-state index is 0.451. The molecule has 3 N–H and O–H groups in total. The van der Waals surface area contributed by atoms with E-state index in [2.05, 4.69) is 18.3 Å². The third-order valence-corrected chi connectivity index (χ3v) is 2.85. The molecule has 0 amide bonds. The molecule has 0 aliphatic rings. The molecule has 18 heavy (non-hydrogen) atoms. The summed E-state index contributed by atoms with van der Waals surface area (Å²) < 4.78 is 5.42. The van der Waals surface area contributed by atoms with E-state index in [4.69, 9.17) is 22.7 Å². The number of ether oxygens (including phenoxy) is 1. The van der Waals surface area contributed by atoms with Crippen LogP contribution in [-0.2, 0) is 4.74 Å². The molecule has 0 fully saturated rings. The summed E-state index contributed by atoms with van der Waals surface area (Å²) in [4.78, 5) is 0.451. The van der Waals surface area contributed by atoms with Gasteiger partial charge in [0.25, 0.3) is 0 Å². The highest BCUT2D eigenvalue weighted by atomic mass is 32.1. The molecule has 0 aliphatic heterocycles. The molecule has 0 heterocycles. The van der Waals surface area contributed by atoms with E-state index in [-0.39, 0.29) is 0 Å². The minimum Gasteiger partial charge on any atom is -0.389 e. The second-order valence-corrected chi connectivity index (χ2v) is 4.73. The fourth-order valence-electron chi connectivity index (χ4n) is 1.70. The average Bonchev–Trinajstić information content (AvgIpc) is 2.33. The molecule has 0 aromatic heterocycles. The van der Waals surface area contributed by atoms with Gasteiger partial charge in [-0.05, 0) is 43.5 Å². The highest BCUT2D eigenvalue weighted by Gasteiger charge is 2.02. The van der Waals surface area contributed by atoms with Gasteiger partial charge in [0.2, 0.25) is 0 Å². The van der Waals surface area contributed by atoms with Gasteiger partial charge in [0, 0.05) is 31.0 Å². The van der Waals surface area contributed by atoms with E-state index in [9.17, 15) is 0 Å². The third kappa shape index (κ3) is 5.02. The van der Waals surface area contributed by atoms with Crippen molar-refractivity contribution in [3.8, 4) is 0 Å². The van der Waals surface area contributed by atoms with Crippen molar-refractivity contribution in [2.24, 2.45) is 5.73 Å². The van der Waals surface area contributed by atoms with E-state index >= 15 is 0 Å². The Hall–Kier alpha value is -1.13. The standard InChI is InChI=1S/C14H22N2OS/c1-3-8-17-9-4-7-16-12-5-6-13(14(15)18)11(2)10-12/h5-6,10,16H,3-4,7-9H2,1-2H3,(H2,15,18). The molecule has 0 bridgehead atoms. The predicted molar refractivity (Wildman–Crippen MR) is 81.3 cm³/mol. The SMILES string of the molecule is CCCOCCCNc1ccc(C(N)=S)c(C)c1. The van der Waals surface area contributed by atoms with Gasteiger partial charge in [-0.3, -0.25) is 0 Å². The maximum Gasteiger partial charge on any atom is 0.104 e. The van der Waals surface area contributed by atoms with E-state index in [1.807, 2.05) is 19.1 Å². The number of hydrogen-bond acceptors (Lipinski definition) is 3. The van der Waals surface area contributed by atoms with Crippen molar-refractivity contribution in [2.45, 2.75) is 26.7 Å². The zero-order valence-electron chi connectivity index (χ0n) is 11.2. The van der Waals surface area contributed by atoms with Crippen molar-refractivity contribution in [3.05, 3.63) is 29.3 Å². The zero-order valence-corrected chi connectivity index (χ0v) is 12.0. The Morgan fingerprint density at radius 1 is 1.39 bits per heavy atom. The quantitative estimate of drug-likeness (QED) is 0.561. The number of benzene rings is 1. The first-order valence-electron chi connectivity index (χ1n) is 6.37. The summed E-state index contributed by atoms with van der Waals surface area (Å²) in [5.41, 5.74) is 8.78. The van der Waals surface area contributed by atoms with Crippen LogP contribution in [-0.4, -0.2) is 24.7 Å². The number of nitrogens with one attached hydrogen (secondary N) is 1. The third-order valence-electron chi connectivity index (χ3n) is 2.63. The molecule has 0 saturated heterocycles. The topological polar surface area (TPSA) is 47.3 Å². The number of thiocarbonyl (C=S) groups is 1. The van der Waals surface area contributed by atoms with Crippen molar-refractivity contribution >= 4 is 22.9 Å². The molecule has 3 nitrogen and oxygen atoms in total. The molecular weight excluding hydrogens is 244 g/mol. The van der Waals surface area contributed by atoms with Gasteiger partial charge in [-0.25, -0.2) is 0 Å². The molecule has 1 aromatic rings. The largest absolute Gasteiger partial charge is 0.389 e. The van der Waals surface area contributed by atoms with Crippen LogP contribution in [0.15, 0.2) is 18.2 Å². The van der Waals surface area contributed by atoms with Crippen LogP contribution in [0.2, 0.25) is 0 Å². The van der Waals surface area contributed by atoms with E-state index < -0.39 is 0 Å². The lowest BCUT2D eigenvalue weighted by atomic mass is 10.1. The van der Waals surface area contributed by atoms with Crippen LogP contribution in [0.3, 0.4) is 0 Å². The number of aryl methyl sites for hydroxylation is 1. The summed E-state index contributed by atoms with van der Waals surface area (Å²) >= 11 is 4.98. The summed E-state index contributed by atoms with van der Waals surface area (Å²) in [6, 6.07) is 6.05. The highest BCUT2D eigenvalue weighted by molar-refractivity contribution is 7.80. The molecule has 1 rings (SSSR count). The first-order chi connectivity index (χ1) is 8.65. The van der Waals surface area contributed by atoms with Crippen molar-refractivity contribution in [1.82, 2.24) is 0 Å². The normalized spacial score (nSPS) is 10.3. The number of hydrogen-bond donors (Lipinski definition) is 2. The first kappa shape index (κ1) is 14.9. The average molecular weight is 266 g/mol. The molecule has 1 aromatic carbocycles. The Balaban J connectivity index is 2.35. The molecular formula is C14H22N2OS. The summed E-state index contributed by atoms with van der Waals surface area (Å²) in [5, 5.41) is 3.36. The second-order valence-electron chi connectivity index (χ2n) is 4.29. The lowest BCUT2D eigenvalue weighted by Crippen LogP contribution is -2.12. The van der Waals surface area contributed by atoms with E-state index in [0.29, 0.717) is 4.99 Å². The summed E-state index contributed by atoms with van der Waals surface area (Å²) in [7, 11) is 0. The Morgan fingerprint density at radius 3 is 2.78 bits per heavy atom. The smallest absolute Gasteiger partial charge is 0.104 e. The lowest BCUT2D eigenvalue weighted by molar-refractivity contribution is 0.134. The van der Waals surface area contributed by atoms with Gasteiger partial charge >= 0.3 is 0 Å². The van der Waals surface area contributed by atoms with Crippen molar-refractivity contribution in [2.75, 3.05) is 25.1 Å². The van der Waals surface area contributed by atoms with E-state index in [1.54, 1.807) is 0 Å². The van der Waals surface area contributed by atoms with Gasteiger partial charge in [-0.2, -0.15) is 0 Å². The monoisotopic (exact) mass is 266 g/mol. The van der Waals surface area contributed by atoms with Crippen LogP contribution in [0, 0.1) is 6.92 Å². The van der Waals surface area contributed by atoms with Gasteiger partial charge in [-0.1, -0.05) is 19.1 Å². The first-order valence-corrected chi connectivity index (χ1v) is 6.78. The van der Waals surface area contributed by atoms with E-state index in [1.165, 1.54) is 0 Å². The Morgan fingerprint density at radius 2 is 2.17 bits per heavy atom. The molecule has 0 aliphatic carbocycles. The van der Waals surface area contributed by atoms with E-state index in [0.717, 1.165) is 49.4 Å². The molecule has 4 heteroatoms. The summed E-state index contributed by atoms with van der Waals surface area (Å²) in [6.45, 7) is 6.70. The van der Waals surface area contributed by atoms with Crippen LogP contribution in [0.1, 0.15) is 30.9 Å². The minimum atomic E-state index is 0.451. The van der Waals surface area contributed by atoms with Crippen molar-refractivity contribution in [1.29, 1.82) is 0 Å². The van der Waals surface area contributed by atoms with Gasteiger partial charge in [-0.15, -0.1) is 0 Å². The fourth-order valence-corrected chi connectivity index (χ4v) is 1.93. The van der Waals surface area contributed by atoms with Gasteiger partial charge in [0.1, 0.15) is 4.99 Å². The zero-order chi connectivity index (χ0) is 13.4. The summed E-state index contributed by atoms with van der Waals surface area (Å²) in [5.74, 6) is 0. The van der Waals surface area contributed by atoms with Crippen LogP contribution >= 0.6 is 12.2 Å². The molecule has 100 valence electrons. The van der Waals surface area contributed by atoms with Gasteiger partial charge < -0.3 is 15.8 Å². The van der Waals surface area contributed by atoms with Gasteiger partial charge in [0.05, 0.1) is 0 Å². The number of rotatable bonds is 8. The van der Waals surface area contributed by atoms with Crippen LogP contribution in [0.4, 0.5) is 5.69 Å². The molecule has 0 spiro atoms. The molecule has 0 saturated carbocycles. The summed E-state index contributed by atoms with van der Waals surface area (Å²) in [6.07, 6.45) is 2.09. The Bertz CT molecular complexity index is 393. The van der Waals surface area contributed by atoms with Crippen molar-refractivity contribution < 1.29 is 4.74 Å². The second kappa shape index (κ2) is 8.06. The Labute approximate surface area is 115 Å². The molecule has 0 unspecified atom stereocenters. The maximum atomic E-state index is 5.63. The number of nitrogens with two attached hydrogens (primary N) is 1. The maximum absolute atomic E-state index is 5.63.